The minimum absolute atomic E-state index is 0.0873. The molecule has 1 N–H and O–H groups in total. The lowest BCUT2D eigenvalue weighted by atomic mass is 10.0. The maximum atomic E-state index is 12.6. The fraction of sp³-hybridized carbons (Fsp3) is 0.778. The number of rotatable bonds is 7. The van der Waals surface area contributed by atoms with Crippen molar-refractivity contribution in [1.82, 2.24) is 25.2 Å². The summed E-state index contributed by atoms with van der Waals surface area (Å²) in [6, 6.07) is 0.0873. The van der Waals surface area contributed by atoms with E-state index >= 15 is 0 Å². The molecule has 1 aliphatic carbocycles. The Kier molecular flexibility index (Phi) is 6.60. The van der Waals surface area contributed by atoms with Crippen LogP contribution in [0.3, 0.4) is 0 Å². The summed E-state index contributed by atoms with van der Waals surface area (Å²) in [4.78, 5) is 26.6. The summed E-state index contributed by atoms with van der Waals surface area (Å²) >= 11 is 0. The largest absolute Gasteiger partial charge is 0.383 e. The Bertz CT molecular complexity index is 612. The van der Waals surface area contributed by atoms with Crippen molar-refractivity contribution >= 4 is 11.8 Å². The third-order valence-corrected chi connectivity index (χ3v) is 5.40. The molecule has 1 saturated heterocycles. The van der Waals surface area contributed by atoms with Gasteiger partial charge >= 0.3 is 0 Å². The maximum Gasteiger partial charge on any atom is 0.273 e. The predicted octanol–water partition coefficient (Wildman–Crippen LogP) is 1.40. The van der Waals surface area contributed by atoms with E-state index in [1.54, 1.807) is 18.0 Å². The number of carbonyl (C=O) groups excluding carboxylic acids is 2. The van der Waals surface area contributed by atoms with Crippen LogP contribution < -0.4 is 5.32 Å². The van der Waals surface area contributed by atoms with Crippen molar-refractivity contribution in [3.05, 3.63) is 11.9 Å². The number of hydrogen-bond donors (Lipinski definition) is 1. The number of hydrogen-bond acceptors (Lipinski definition) is 5. The first-order valence-corrected chi connectivity index (χ1v) is 9.64. The number of amides is 2. The summed E-state index contributed by atoms with van der Waals surface area (Å²) in [6.45, 7) is 2.37. The molecule has 1 aromatic heterocycles. The van der Waals surface area contributed by atoms with Gasteiger partial charge in [-0.3, -0.25) is 9.59 Å². The van der Waals surface area contributed by atoms with E-state index in [1.165, 1.54) is 25.7 Å². The standard InChI is InChI=1S/C18H29N5O3/c1-26-10-8-19-18(25)16-13-23(21-20-16)15-7-4-9-22(12-15)17(24)11-14-5-2-3-6-14/h13-15H,2-12H2,1H3,(H,19,25). The van der Waals surface area contributed by atoms with Gasteiger partial charge in [0.05, 0.1) is 18.8 Å². The zero-order valence-electron chi connectivity index (χ0n) is 15.5. The van der Waals surface area contributed by atoms with Gasteiger partial charge in [-0.05, 0) is 31.6 Å². The summed E-state index contributed by atoms with van der Waals surface area (Å²) < 4.78 is 6.65. The van der Waals surface area contributed by atoms with Gasteiger partial charge in [-0.25, -0.2) is 4.68 Å². The molecule has 3 rings (SSSR count). The second kappa shape index (κ2) is 9.12. The van der Waals surface area contributed by atoms with Gasteiger partial charge < -0.3 is 15.0 Å². The molecule has 0 spiro atoms. The smallest absolute Gasteiger partial charge is 0.273 e. The number of nitrogens with one attached hydrogen (secondary N) is 1. The second-order valence-electron chi connectivity index (χ2n) is 7.32. The number of nitrogens with zero attached hydrogens (tertiary/aromatic N) is 4. The topological polar surface area (TPSA) is 89.4 Å². The Balaban J connectivity index is 1.54. The highest BCUT2D eigenvalue weighted by Crippen LogP contribution is 2.29. The Labute approximate surface area is 154 Å². The minimum Gasteiger partial charge on any atom is -0.383 e. The van der Waals surface area contributed by atoms with Gasteiger partial charge in [0.15, 0.2) is 5.69 Å². The van der Waals surface area contributed by atoms with E-state index in [-0.39, 0.29) is 17.9 Å². The molecule has 2 amide bonds. The Morgan fingerprint density at radius 2 is 2.08 bits per heavy atom. The summed E-state index contributed by atoms with van der Waals surface area (Å²) in [5.41, 5.74) is 0.301. The quantitative estimate of drug-likeness (QED) is 0.740. The number of piperidine rings is 1. The van der Waals surface area contributed by atoms with Crippen LogP contribution in [0.2, 0.25) is 0 Å². The molecule has 2 fully saturated rings. The number of ether oxygens (including phenoxy) is 1. The van der Waals surface area contributed by atoms with Gasteiger partial charge in [-0.15, -0.1) is 5.10 Å². The van der Waals surface area contributed by atoms with E-state index in [0.717, 1.165) is 19.4 Å². The van der Waals surface area contributed by atoms with Crippen LogP contribution in [0.1, 0.15) is 61.5 Å². The molecule has 8 heteroatoms. The third-order valence-electron chi connectivity index (χ3n) is 5.40. The van der Waals surface area contributed by atoms with Crippen molar-refractivity contribution in [2.75, 3.05) is 33.4 Å². The van der Waals surface area contributed by atoms with Gasteiger partial charge in [-0.1, -0.05) is 18.1 Å². The van der Waals surface area contributed by atoms with Crippen LogP contribution in [0.4, 0.5) is 0 Å². The normalized spacial score (nSPS) is 21.1. The number of aromatic nitrogens is 3. The fourth-order valence-corrected chi connectivity index (χ4v) is 3.90. The Morgan fingerprint density at radius 3 is 2.85 bits per heavy atom. The van der Waals surface area contributed by atoms with Crippen LogP contribution in [0.5, 0.6) is 0 Å². The number of likely N-dealkylation sites (tertiary alicyclic amines) is 1. The molecule has 2 aliphatic rings. The minimum atomic E-state index is -0.252. The second-order valence-corrected chi connectivity index (χ2v) is 7.32. The Morgan fingerprint density at radius 1 is 1.27 bits per heavy atom. The van der Waals surface area contributed by atoms with Gasteiger partial charge in [-0.2, -0.15) is 0 Å². The summed E-state index contributed by atoms with van der Waals surface area (Å²) in [5, 5.41) is 10.8. The van der Waals surface area contributed by atoms with E-state index in [9.17, 15) is 9.59 Å². The maximum absolute atomic E-state index is 12.6. The molecular weight excluding hydrogens is 334 g/mol. The van der Waals surface area contributed by atoms with Crippen LogP contribution in [0, 0.1) is 5.92 Å². The van der Waals surface area contributed by atoms with Gasteiger partial charge in [0, 0.05) is 33.2 Å². The molecule has 26 heavy (non-hydrogen) atoms. The molecule has 1 unspecified atom stereocenters. The molecule has 1 aliphatic heterocycles. The Hall–Kier alpha value is -1.96. The number of methoxy groups -OCH3 is 1. The highest BCUT2D eigenvalue weighted by Gasteiger charge is 2.28. The SMILES string of the molecule is COCCNC(=O)c1cn(C2CCCN(C(=O)CC3CCCC3)C2)nn1. The highest BCUT2D eigenvalue weighted by molar-refractivity contribution is 5.91. The molecule has 1 saturated carbocycles. The molecular formula is C18H29N5O3. The lowest BCUT2D eigenvalue weighted by Crippen LogP contribution is -2.41. The van der Waals surface area contributed by atoms with Crippen molar-refractivity contribution in [2.24, 2.45) is 5.92 Å². The zero-order valence-corrected chi connectivity index (χ0v) is 15.5. The zero-order chi connectivity index (χ0) is 18.4. The van der Waals surface area contributed by atoms with Gasteiger partial charge in [0.25, 0.3) is 5.91 Å². The van der Waals surface area contributed by atoms with Gasteiger partial charge in [0.1, 0.15) is 0 Å². The van der Waals surface area contributed by atoms with Crippen LogP contribution in [0.25, 0.3) is 0 Å². The summed E-state index contributed by atoms with van der Waals surface area (Å²) in [7, 11) is 1.59. The number of carbonyl (C=O) groups is 2. The molecule has 0 bridgehead atoms. The fourth-order valence-electron chi connectivity index (χ4n) is 3.90. The monoisotopic (exact) mass is 363 g/mol. The first-order chi connectivity index (χ1) is 12.7. The van der Waals surface area contributed by atoms with Crippen LogP contribution in [0.15, 0.2) is 6.20 Å². The first kappa shape index (κ1) is 18.8. The van der Waals surface area contributed by atoms with E-state index in [1.807, 2.05) is 4.90 Å². The molecule has 0 aromatic carbocycles. The van der Waals surface area contributed by atoms with Crippen molar-refractivity contribution in [2.45, 2.75) is 51.0 Å². The van der Waals surface area contributed by atoms with Crippen molar-refractivity contribution in [3.8, 4) is 0 Å². The van der Waals surface area contributed by atoms with Crippen LogP contribution in [-0.2, 0) is 9.53 Å². The van der Waals surface area contributed by atoms with Crippen molar-refractivity contribution in [3.63, 3.8) is 0 Å². The average molecular weight is 363 g/mol. The summed E-state index contributed by atoms with van der Waals surface area (Å²) in [6.07, 6.45) is 9.15. The van der Waals surface area contributed by atoms with Crippen LogP contribution >= 0.6 is 0 Å². The highest BCUT2D eigenvalue weighted by atomic mass is 16.5. The van der Waals surface area contributed by atoms with E-state index in [2.05, 4.69) is 15.6 Å². The lowest BCUT2D eigenvalue weighted by Gasteiger charge is -2.33. The molecule has 0 radical (unpaired) electrons. The van der Waals surface area contributed by atoms with E-state index in [4.69, 9.17) is 4.74 Å². The lowest BCUT2D eigenvalue weighted by molar-refractivity contribution is -0.133. The molecule has 8 nitrogen and oxygen atoms in total. The molecule has 1 aromatic rings. The predicted molar refractivity (Wildman–Crippen MR) is 95.7 cm³/mol. The summed E-state index contributed by atoms with van der Waals surface area (Å²) in [5.74, 6) is 0.578. The van der Waals surface area contributed by atoms with Crippen molar-refractivity contribution in [1.29, 1.82) is 0 Å². The van der Waals surface area contributed by atoms with Crippen molar-refractivity contribution < 1.29 is 14.3 Å². The molecule has 2 heterocycles. The first-order valence-electron chi connectivity index (χ1n) is 9.64. The average Bonchev–Trinajstić information content (AvgIpc) is 3.34. The molecule has 1 atom stereocenters. The van der Waals surface area contributed by atoms with E-state index in [0.29, 0.717) is 37.7 Å². The third kappa shape index (κ3) is 4.81. The van der Waals surface area contributed by atoms with Crippen LogP contribution in [-0.4, -0.2) is 65.1 Å². The molecule has 144 valence electrons. The van der Waals surface area contributed by atoms with Gasteiger partial charge in [0.2, 0.25) is 5.91 Å². The van der Waals surface area contributed by atoms with E-state index < -0.39 is 0 Å².